The van der Waals surface area contributed by atoms with Crippen LogP contribution in [0.3, 0.4) is 0 Å². The van der Waals surface area contributed by atoms with Gasteiger partial charge in [0, 0.05) is 63.5 Å². The van der Waals surface area contributed by atoms with Crippen molar-refractivity contribution in [2.24, 2.45) is 0 Å². The number of urea groups is 1. The molecule has 0 saturated carbocycles. The van der Waals surface area contributed by atoms with Crippen LogP contribution in [0.1, 0.15) is 5.56 Å². The highest BCUT2D eigenvalue weighted by atomic mass is 16.5. The van der Waals surface area contributed by atoms with Crippen LogP contribution in [0.2, 0.25) is 0 Å². The minimum absolute atomic E-state index is 0.0428. The molecule has 0 radical (unpaired) electrons. The molecule has 1 aliphatic rings. The van der Waals surface area contributed by atoms with Crippen molar-refractivity contribution in [1.29, 1.82) is 0 Å². The number of rotatable bonds is 6. The van der Waals surface area contributed by atoms with E-state index in [9.17, 15) is 4.79 Å². The van der Waals surface area contributed by atoms with E-state index in [2.05, 4.69) is 27.3 Å². The molecular weight excluding hydrogens is 304 g/mol. The Bertz CT molecular complexity index is 662. The van der Waals surface area contributed by atoms with Crippen molar-refractivity contribution in [2.75, 3.05) is 53.0 Å². The van der Waals surface area contributed by atoms with Gasteiger partial charge in [-0.15, -0.1) is 0 Å². The largest absolute Gasteiger partial charge is 0.383 e. The molecule has 0 bridgehead atoms. The number of para-hydroxylation sites is 1. The number of aromatic amines is 1. The van der Waals surface area contributed by atoms with Crippen LogP contribution in [0.4, 0.5) is 4.79 Å². The van der Waals surface area contributed by atoms with Crippen molar-refractivity contribution in [3.63, 3.8) is 0 Å². The lowest BCUT2D eigenvalue weighted by Crippen LogP contribution is -2.52. The molecule has 1 aromatic heterocycles. The molecule has 0 spiro atoms. The Labute approximate surface area is 142 Å². The third kappa shape index (κ3) is 4.07. The number of piperazine rings is 1. The van der Waals surface area contributed by atoms with Crippen molar-refractivity contribution in [3.8, 4) is 0 Å². The van der Waals surface area contributed by atoms with Crippen LogP contribution in [0.25, 0.3) is 10.9 Å². The zero-order chi connectivity index (χ0) is 16.8. The van der Waals surface area contributed by atoms with Crippen molar-refractivity contribution >= 4 is 16.9 Å². The van der Waals surface area contributed by atoms with E-state index in [1.165, 1.54) is 10.9 Å². The molecule has 0 aliphatic carbocycles. The number of methoxy groups -OCH3 is 1. The van der Waals surface area contributed by atoms with Gasteiger partial charge in [0.15, 0.2) is 0 Å². The van der Waals surface area contributed by atoms with E-state index in [-0.39, 0.29) is 6.03 Å². The van der Waals surface area contributed by atoms with Gasteiger partial charge in [0.25, 0.3) is 0 Å². The summed E-state index contributed by atoms with van der Waals surface area (Å²) in [6.07, 6.45) is 2.87. The predicted molar refractivity (Wildman–Crippen MR) is 95.3 cm³/mol. The Morgan fingerprint density at radius 2 is 2.04 bits per heavy atom. The number of nitrogens with zero attached hydrogens (tertiary/aromatic N) is 2. The third-order valence-corrected chi connectivity index (χ3v) is 4.62. The number of nitrogens with one attached hydrogen (secondary N) is 2. The molecule has 3 rings (SSSR count). The number of benzene rings is 1. The molecule has 6 nitrogen and oxygen atoms in total. The Morgan fingerprint density at radius 3 is 2.83 bits per heavy atom. The maximum atomic E-state index is 12.3. The molecule has 1 aliphatic heterocycles. The molecular formula is C18H26N4O2. The number of hydrogen-bond donors (Lipinski definition) is 2. The summed E-state index contributed by atoms with van der Waals surface area (Å²) in [7, 11) is 1.72. The summed E-state index contributed by atoms with van der Waals surface area (Å²) in [6, 6.07) is 8.29. The maximum Gasteiger partial charge on any atom is 0.317 e. The molecule has 1 fully saturated rings. The number of aromatic nitrogens is 1. The molecule has 24 heavy (non-hydrogen) atoms. The first-order valence-corrected chi connectivity index (χ1v) is 8.57. The second-order valence-corrected chi connectivity index (χ2v) is 6.16. The van der Waals surface area contributed by atoms with Crippen molar-refractivity contribution in [3.05, 3.63) is 36.0 Å². The average molecular weight is 330 g/mol. The summed E-state index contributed by atoms with van der Waals surface area (Å²) >= 11 is 0. The number of H-pyrrole nitrogens is 1. The van der Waals surface area contributed by atoms with Crippen LogP contribution in [0.5, 0.6) is 0 Å². The van der Waals surface area contributed by atoms with E-state index in [1.807, 2.05) is 23.2 Å². The van der Waals surface area contributed by atoms with Crippen LogP contribution < -0.4 is 5.32 Å². The third-order valence-electron chi connectivity index (χ3n) is 4.62. The lowest BCUT2D eigenvalue weighted by Gasteiger charge is -2.34. The van der Waals surface area contributed by atoms with Gasteiger partial charge in [-0.05, 0) is 18.1 Å². The average Bonchev–Trinajstić information content (AvgIpc) is 3.03. The topological polar surface area (TPSA) is 60.6 Å². The molecule has 6 heteroatoms. The Hall–Kier alpha value is -2.05. The van der Waals surface area contributed by atoms with Gasteiger partial charge in [-0.1, -0.05) is 18.2 Å². The van der Waals surface area contributed by atoms with Crippen LogP contribution in [0, 0.1) is 0 Å². The van der Waals surface area contributed by atoms with Crippen LogP contribution in [0.15, 0.2) is 30.5 Å². The van der Waals surface area contributed by atoms with Crippen molar-refractivity contribution < 1.29 is 9.53 Å². The second-order valence-electron chi connectivity index (χ2n) is 6.16. The Balaban J connectivity index is 1.42. The standard InChI is InChI=1S/C18H26N4O2/c1-24-13-12-21-8-10-22(11-9-21)18(23)19-7-6-15-14-20-17-5-3-2-4-16(15)17/h2-5,14,20H,6-13H2,1H3,(H,19,23). The van der Waals surface area contributed by atoms with E-state index in [4.69, 9.17) is 4.74 Å². The van der Waals surface area contributed by atoms with Gasteiger partial charge in [-0.2, -0.15) is 0 Å². The smallest absolute Gasteiger partial charge is 0.317 e. The normalized spacial score (nSPS) is 15.8. The fourth-order valence-electron chi connectivity index (χ4n) is 3.15. The minimum atomic E-state index is 0.0428. The first-order valence-electron chi connectivity index (χ1n) is 8.57. The number of carbonyl (C=O) groups excluding carboxylic acids is 1. The summed E-state index contributed by atoms with van der Waals surface area (Å²) in [6.45, 7) is 5.73. The summed E-state index contributed by atoms with van der Waals surface area (Å²) in [5.74, 6) is 0. The molecule has 130 valence electrons. The lowest BCUT2D eigenvalue weighted by atomic mass is 10.1. The molecule has 1 saturated heterocycles. The fraction of sp³-hybridized carbons (Fsp3) is 0.500. The maximum absolute atomic E-state index is 12.3. The number of hydrogen-bond acceptors (Lipinski definition) is 3. The van der Waals surface area contributed by atoms with E-state index in [0.29, 0.717) is 6.54 Å². The van der Waals surface area contributed by atoms with Gasteiger partial charge in [0.05, 0.1) is 6.61 Å². The van der Waals surface area contributed by atoms with Crippen molar-refractivity contribution in [1.82, 2.24) is 20.1 Å². The quantitative estimate of drug-likeness (QED) is 0.847. The first kappa shape index (κ1) is 16.8. The Morgan fingerprint density at radius 1 is 1.25 bits per heavy atom. The van der Waals surface area contributed by atoms with E-state index < -0.39 is 0 Å². The molecule has 0 atom stereocenters. The van der Waals surface area contributed by atoms with E-state index in [1.54, 1.807) is 7.11 Å². The monoisotopic (exact) mass is 330 g/mol. The zero-order valence-corrected chi connectivity index (χ0v) is 14.3. The predicted octanol–water partition coefficient (Wildman–Crippen LogP) is 1.68. The summed E-state index contributed by atoms with van der Waals surface area (Å²) in [5.41, 5.74) is 2.39. The second kappa shape index (κ2) is 8.17. The van der Waals surface area contributed by atoms with Gasteiger partial charge < -0.3 is 19.9 Å². The number of ether oxygens (including phenoxy) is 1. The highest BCUT2D eigenvalue weighted by Crippen LogP contribution is 2.17. The number of fused-ring (bicyclic) bond motifs is 1. The molecule has 1 aromatic carbocycles. The summed E-state index contributed by atoms with van der Waals surface area (Å²) < 4.78 is 5.10. The minimum Gasteiger partial charge on any atom is -0.383 e. The fourth-order valence-corrected chi connectivity index (χ4v) is 3.15. The van der Waals surface area contributed by atoms with Crippen LogP contribution in [-0.4, -0.2) is 73.8 Å². The van der Waals surface area contributed by atoms with Crippen LogP contribution >= 0.6 is 0 Å². The molecule has 2 aromatic rings. The summed E-state index contributed by atoms with van der Waals surface area (Å²) in [4.78, 5) is 19.8. The van der Waals surface area contributed by atoms with E-state index in [0.717, 1.165) is 51.3 Å². The van der Waals surface area contributed by atoms with Gasteiger partial charge >= 0.3 is 6.03 Å². The SMILES string of the molecule is COCCN1CCN(C(=O)NCCc2c[nH]c3ccccc23)CC1. The van der Waals surface area contributed by atoms with Gasteiger partial charge in [-0.3, -0.25) is 4.90 Å². The van der Waals surface area contributed by atoms with Crippen molar-refractivity contribution in [2.45, 2.75) is 6.42 Å². The molecule has 2 amide bonds. The highest BCUT2D eigenvalue weighted by Gasteiger charge is 2.20. The molecule has 2 N–H and O–H groups in total. The molecule has 0 unspecified atom stereocenters. The van der Waals surface area contributed by atoms with Gasteiger partial charge in [-0.25, -0.2) is 4.79 Å². The van der Waals surface area contributed by atoms with Gasteiger partial charge in [0.1, 0.15) is 0 Å². The molecule has 2 heterocycles. The summed E-state index contributed by atoms with van der Waals surface area (Å²) in [5, 5.41) is 4.28. The Kier molecular flexibility index (Phi) is 5.72. The number of carbonyl (C=O) groups is 1. The highest BCUT2D eigenvalue weighted by molar-refractivity contribution is 5.83. The van der Waals surface area contributed by atoms with Gasteiger partial charge in [0.2, 0.25) is 0 Å². The van der Waals surface area contributed by atoms with Crippen LogP contribution in [-0.2, 0) is 11.2 Å². The lowest BCUT2D eigenvalue weighted by molar-refractivity contribution is 0.106. The zero-order valence-electron chi connectivity index (χ0n) is 14.3. The first-order chi connectivity index (χ1) is 11.8. The number of amides is 2. The van der Waals surface area contributed by atoms with E-state index >= 15 is 0 Å².